The van der Waals surface area contributed by atoms with Gasteiger partial charge in [0.1, 0.15) is 0 Å². The molecule has 0 aromatic heterocycles. The number of sulfone groups is 1. The maximum Gasteiger partial charge on any atom is 0.178 e. The molecular formula is C21H22ClNO3S. The molecule has 1 saturated carbocycles. The second-order valence-electron chi connectivity index (χ2n) is 7.55. The zero-order chi connectivity index (χ0) is 19.7. The molecule has 1 fully saturated rings. The minimum atomic E-state index is -3.44. The number of aliphatic hydroxyl groups is 1. The van der Waals surface area contributed by atoms with Crippen LogP contribution in [0, 0.1) is 17.2 Å². The van der Waals surface area contributed by atoms with Crippen molar-refractivity contribution in [2.45, 2.75) is 43.1 Å². The van der Waals surface area contributed by atoms with Crippen LogP contribution >= 0.6 is 11.6 Å². The van der Waals surface area contributed by atoms with Crippen LogP contribution < -0.4 is 0 Å². The van der Waals surface area contributed by atoms with E-state index in [1.807, 2.05) is 0 Å². The first-order chi connectivity index (χ1) is 12.7. The van der Waals surface area contributed by atoms with Crippen LogP contribution in [0.15, 0.2) is 47.4 Å². The highest BCUT2D eigenvalue weighted by Crippen LogP contribution is 2.35. The van der Waals surface area contributed by atoms with E-state index in [-0.39, 0.29) is 16.6 Å². The molecule has 0 bridgehead atoms. The normalized spacial score (nSPS) is 23.0. The molecule has 27 heavy (non-hydrogen) atoms. The molecule has 1 aliphatic carbocycles. The van der Waals surface area contributed by atoms with E-state index in [0.717, 1.165) is 11.1 Å². The molecule has 0 atom stereocenters. The van der Waals surface area contributed by atoms with Crippen molar-refractivity contribution in [2.24, 2.45) is 5.92 Å². The maximum atomic E-state index is 12.8. The summed E-state index contributed by atoms with van der Waals surface area (Å²) in [5, 5.41) is 19.3. The van der Waals surface area contributed by atoms with Crippen molar-refractivity contribution >= 4 is 21.4 Å². The molecular weight excluding hydrogens is 382 g/mol. The second kappa shape index (κ2) is 7.63. The summed E-state index contributed by atoms with van der Waals surface area (Å²) in [6, 6.07) is 13.9. The van der Waals surface area contributed by atoms with Crippen molar-refractivity contribution in [1.82, 2.24) is 0 Å². The molecule has 0 amide bonds. The summed E-state index contributed by atoms with van der Waals surface area (Å²) < 4.78 is 25.6. The van der Waals surface area contributed by atoms with E-state index in [4.69, 9.17) is 16.9 Å². The van der Waals surface area contributed by atoms with E-state index in [1.54, 1.807) is 43.3 Å². The average Bonchev–Trinajstić information content (AvgIpc) is 2.63. The second-order valence-corrected chi connectivity index (χ2v) is 9.99. The van der Waals surface area contributed by atoms with Gasteiger partial charge in [-0.1, -0.05) is 29.8 Å². The summed E-state index contributed by atoms with van der Waals surface area (Å²) in [6.45, 7) is 1.80. The Balaban J connectivity index is 1.78. The van der Waals surface area contributed by atoms with Gasteiger partial charge in [0.15, 0.2) is 9.84 Å². The minimum Gasteiger partial charge on any atom is -0.390 e. The Hall–Kier alpha value is -1.87. The van der Waals surface area contributed by atoms with Crippen molar-refractivity contribution in [3.8, 4) is 17.2 Å². The molecule has 1 N–H and O–H groups in total. The Morgan fingerprint density at radius 1 is 1.19 bits per heavy atom. The van der Waals surface area contributed by atoms with Crippen LogP contribution in [-0.2, 0) is 9.84 Å². The van der Waals surface area contributed by atoms with Gasteiger partial charge in [-0.15, -0.1) is 0 Å². The molecule has 1 aliphatic rings. The fraction of sp³-hybridized carbons (Fsp3) is 0.381. The molecule has 0 radical (unpaired) electrons. The quantitative estimate of drug-likeness (QED) is 0.809. The Bertz CT molecular complexity index is 965. The minimum absolute atomic E-state index is 0.0622. The van der Waals surface area contributed by atoms with Crippen molar-refractivity contribution in [3.63, 3.8) is 0 Å². The van der Waals surface area contributed by atoms with Crippen molar-refractivity contribution in [2.75, 3.05) is 5.75 Å². The van der Waals surface area contributed by atoms with E-state index in [9.17, 15) is 13.5 Å². The summed E-state index contributed by atoms with van der Waals surface area (Å²) in [6.07, 6.45) is 2.68. The largest absolute Gasteiger partial charge is 0.390 e. The third kappa shape index (κ3) is 4.70. The van der Waals surface area contributed by atoms with Crippen molar-refractivity contribution < 1.29 is 13.5 Å². The number of hydrogen-bond donors (Lipinski definition) is 1. The van der Waals surface area contributed by atoms with Gasteiger partial charge in [-0.3, -0.25) is 0 Å². The topological polar surface area (TPSA) is 78.2 Å². The fourth-order valence-electron chi connectivity index (χ4n) is 3.52. The Morgan fingerprint density at radius 2 is 1.81 bits per heavy atom. The maximum absolute atomic E-state index is 12.8. The predicted octanol–water partition coefficient (Wildman–Crippen LogP) is 4.59. The van der Waals surface area contributed by atoms with Gasteiger partial charge in [-0.05, 0) is 68.4 Å². The molecule has 2 aromatic carbocycles. The lowest BCUT2D eigenvalue weighted by molar-refractivity contribution is 0.0108. The number of halogens is 1. The van der Waals surface area contributed by atoms with Crippen LogP contribution in [0.4, 0.5) is 0 Å². The van der Waals surface area contributed by atoms with E-state index >= 15 is 0 Å². The first-order valence-corrected chi connectivity index (χ1v) is 11.0. The molecule has 142 valence electrons. The monoisotopic (exact) mass is 403 g/mol. The summed E-state index contributed by atoms with van der Waals surface area (Å²) in [5.41, 5.74) is 1.44. The Labute approximate surface area is 165 Å². The van der Waals surface area contributed by atoms with Crippen molar-refractivity contribution in [1.29, 1.82) is 5.26 Å². The number of nitrogens with zero attached hydrogens (tertiary/aromatic N) is 1. The molecule has 0 saturated heterocycles. The van der Waals surface area contributed by atoms with Crippen LogP contribution in [0.3, 0.4) is 0 Å². The number of rotatable bonds is 4. The average molecular weight is 404 g/mol. The zero-order valence-electron chi connectivity index (χ0n) is 15.2. The summed E-state index contributed by atoms with van der Waals surface area (Å²) >= 11 is 6.36. The summed E-state index contributed by atoms with van der Waals surface area (Å²) in [4.78, 5) is 0.224. The van der Waals surface area contributed by atoms with Crippen LogP contribution in [0.2, 0.25) is 5.02 Å². The molecule has 0 aliphatic heterocycles. The summed E-state index contributed by atoms with van der Waals surface area (Å²) in [5.74, 6) is 0.141. The number of nitriles is 1. The van der Waals surface area contributed by atoms with Crippen LogP contribution in [-0.4, -0.2) is 24.9 Å². The first-order valence-electron chi connectivity index (χ1n) is 8.95. The van der Waals surface area contributed by atoms with Crippen LogP contribution in [0.25, 0.3) is 11.1 Å². The standard InChI is InChI=1S/C21H22ClNO3S/c1-21(24)10-8-16(9-11-21)14-27(25,26)18-6-7-19(20(22)12-18)17-4-2-15(13-23)3-5-17/h2-7,12,16,24H,8-11,14H2,1H3/t16-,21+. The van der Waals surface area contributed by atoms with Gasteiger partial charge in [0, 0.05) is 10.6 Å². The molecule has 0 heterocycles. The lowest BCUT2D eigenvalue weighted by Crippen LogP contribution is -2.32. The first kappa shape index (κ1) is 19.9. The van der Waals surface area contributed by atoms with E-state index < -0.39 is 15.4 Å². The predicted molar refractivity (Wildman–Crippen MR) is 106 cm³/mol. The Morgan fingerprint density at radius 3 is 2.37 bits per heavy atom. The molecule has 2 aromatic rings. The van der Waals surface area contributed by atoms with Gasteiger partial charge < -0.3 is 5.11 Å². The fourth-order valence-corrected chi connectivity index (χ4v) is 5.59. The van der Waals surface area contributed by atoms with Gasteiger partial charge >= 0.3 is 0 Å². The van der Waals surface area contributed by atoms with Gasteiger partial charge in [0.25, 0.3) is 0 Å². The van der Waals surface area contributed by atoms with E-state index in [0.29, 0.717) is 36.3 Å². The highest BCUT2D eigenvalue weighted by atomic mass is 35.5. The van der Waals surface area contributed by atoms with E-state index in [1.165, 1.54) is 6.07 Å². The van der Waals surface area contributed by atoms with Gasteiger partial charge in [0.2, 0.25) is 0 Å². The lowest BCUT2D eigenvalue weighted by Gasteiger charge is -2.32. The smallest absolute Gasteiger partial charge is 0.178 e. The lowest BCUT2D eigenvalue weighted by atomic mass is 9.81. The van der Waals surface area contributed by atoms with Gasteiger partial charge in [-0.25, -0.2) is 8.42 Å². The molecule has 4 nitrogen and oxygen atoms in total. The number of hydrogen-bond acceptors (Lipinski definition) is 4. The molecule has 3 rings (SSSR count). The van der Waals surface area contributed by atoms with Crippen LogP contribution in [0.5, 0.6) is 0 Å². The SMILES string of the molecule is C[C@]1(O)CC[C@@H](CS(=O)(=O)c2ccc(-c3ccc(C#N)cc3)c(Cl)c2)CC1. The molecule has 0 unspecified atom stereocenters. The molecule has 6 heteroatoms. The zero-order valence-corrected chi connectivity index (χ0v) is 16.7. The molecule has 0 spiro atoms. The van der Waals surface area contributed by atoms with Crippen molar-refractivity contribution in [3.05, 3.63) is 53.1 Å². The highest BCUT2D eigenvalue weighted by Gasteiger charge is 2.31. The third-order valence-electron chi connectivity index (χ3n) is 5.26. The third-order valence-corrected chi connectivity index (χ3v) is 7.46. The summed E-state index contributed by atoms with van der Waals surface area (Å²) in [7, 11) is -3.44. The highest BCUT2D eigenvalue weighted by molar-refractivity contribution is 7.91. The van der Waals surface area contributed by atoms with E-state index in [2.05, 4.69) is 6.07 Å². The number of benzene rings is 2. The Kier molecular flexibility index (Phi) is 5.62. The van der Waals surface area contributed by atoms with Gasteiger partial charge in [-0.2, -0.15) is 5.26 Å². The van der Waals surface area contributed by atoms with Crippen LogP contribution in [0.1, 0.15) is 38.2 Å². The van der Waals surface area contributed by atoms with Gasteiger partial charge in [0.05, 0.1) is 27.9 Å².